The molecule has 2 aromatic carbocycles. The van der Waals surface area contributed by atoms with Crippen LogP contribution in [0.15, 0.2) is 66.7 Å². The highest BCUT2D eigenvalue weighted by atomic mass is 16.6. The fourth-order valence-electron chi connectivity index (χ4n) is 3.47. The SMILES string of the molecule is Cc1nc(-c2ccccc2)ccc1C(=O)NC(CC(=O)OC(C)C)c1ccccc1[N+](=O)[O-]. The van der Waals surface area contributed by atoms with Crippen LogP contribution in [0.3, 0.4) is 0 Å². The van der Waals surface area contributed by atoms with E-state index in [1.54, 1.807) is 39.0 Å². The predicted molar refractivity (Wildman–Crippen MR) is 124 cm³/mol. The van der Waals surface area contributed by atoms with Crippen molar-refractivity contribution in [3.8, 4) is 11.3 Å². The van der Waals surface area contributed by atoms with Crippen LogP contribution in [0.25, 0.3) is 11.3 Å². The van der Waals surface area contributed by atoms with Crippen LogP contribution in [0, 0.1) is 17.0 Å². The van der Waals surface area contributed by atoms with Crippen molar-refractivity contribution in [2.24, 2.45) is 0 Å². The highest BCUT2D eigenvalue weighted by Crippen LogP contribution is 2.28. The van der Waals surface area contributed by atoms with E-state index in [9.17, 15) is 19.7 Å². The molecule has 0 aliphatic rings. The Kier molecular flexibility index (Phi) is 7.50. The Morgan fingerprint density at radius 3 is 2.33 bits per heavy atom. The number of carbonyl (C=O) groups is 2. The lowest BCUT2D eigenvalue weighted by molar-refractivity contribution is -0.385. The van der Waals surface area contributed by atoms with Gasteiger partial charge in [-0.1, -0.05) is 48.5 Å². The van der Waals surface area contributed by atoms with Crippen LogP contribution in [-0.4, -0.2) is 27.9 Å². The summed E-state index contributed by atoms with van der Waals surface area (Å²) in [4.78, 5) is 41.0. The molecule has 3 rings (SSSR count). The molecule has 1 heterocycles. The fraction of sp³-hybridized carbons (Fsp3) is 0.240. The maximum absolute atomic E-state index is 13.1. The number of nitro groups is 1. The van der Waals surface area contributed by atoms with E-state index in [4.69, 9.17) is 4.74 Å². The van der Waals surface area contributed by atoms with Gasteiger partial charge in [0.2, 0.25) is 0 Å². The quantitative estimate of drug-likeness (QED) is 0.302. The second kappa shape index (κ2) is 10.5. The summed E-state index contributed by atoms with van der Waals surface area (Å²) in [6, 6.07) is 18.0. The lowest BCUT2D eigenvalue weighted by Gasteiger charge is -2.20. The summed E-state index contributed by atoms with van der Waals surface area (Å²) >= 11 is 0. The molecule has 8 nitrogen and oxygen atoms in total. The molecular formula is C25H25N3O5. The zero-order valence-electron chi connectivity index (χ0n) is 18.6. The lowest BCUT2D eigenvalue weighted by Crippen LogP contribution is -2.32. The third-order valence-electron chi connectivity index (χ3n) is 4.95. The molecule has 0 saturated heterocycles. The lowest BCUT2D eigenvalue weighted by atomic mass is 10.0. The van der Waals surface area contributed by atoms with Crippen molar-refractivity contribution in [3.05, 3.63) is 93.7 Å². The first-order valence-corrected chi connectivity index (χ1v) is 10.5. The van der Waals surface area contributed by atoms with Crippen LogP contribution < -0.4 is 5.32 Å². The van der Waals surface area contributed by atoms with Crippen molar-refractivity contribution >= 4 is 17.6 Å². The molecule has 0 aliphatic heterocycles. The number of nitrogens with one attached hydrogen (secondary N) is 1. The largest absolute Gasteiger partial charge is 0.463 e. The van der Waals surface area contributed by atoms with Gasteiger partial charge in [0.05, 0.1) is 46.0 Å². The molecule has 1 N–H and O–H groups in total. The standard InChI is InChI=1S/C25H25N3O5/c1-16(2)33-24(29)15-22(20-11-7-8-12-23(20)28(31)32)27-25(30)19-13-14-21(26-17(19)3)18-9-5-4-6-10-18/h4-14,16,22H,15H2,1-3H3,(H,27,30). The Bertz CT molecular complexity index is 1160. The first-order valence-electron chi connectivity index (χ1n) is 10.5. The molecule has 33 heavy (non-hydrogen) atoms. The Balaban J connectivity index is 1.90. The zero-order valence-corrected chi connectivity index (χ0v) is 18.6. The van der Waals surface area contributed by atoms with Crippen LogP contribution in [0.1, 0.15) is 47.9 Å². The number of nitrogens with zero attached hydrogens (tertiary/aromatic N) is 2. The number of hydrogen-bond donors (Lipinski definition) is 1. The summed E-state index contributed by atoms with van der Waals surface area (Å²) in [6.45, 7) is 5.13. The first kappa shape index (κ1) is 23.6. The van der Waals surface area contributed by atoms with E-state index in [-0.39, 0.29) is 23.8 Å². The minimum atomic E-state index is -0.946. The number of pyridine rings is 1. The topological polar surface area (TPSA) is 111 Å². The van der Waals surface area contributed by atoms with Crippen LogP contribution in [0.5, 0.6) is 0 Å². The van der Waals surface area contributed by atoms with Crippen molar-refractivity contribution in [2.45, 2.75) is 39.3 Å². The van der Waals surface area contributed by atoms with E-state index in [0.29, 0.717) is 11.3 Å². The van der Waals surface area contributed by atoms with Crippen LogP contribution >= 0.6 is 0 Å². The molecule has 0 bridgehead atoms. The summed E-state index contributed by atoms with van der Waals surface area (Å²) in [7, 11) is 0. The van der Waals surface area contributed by atoms with E-state index < -0.39 is 22.8 Å². The number of nitro benzene ring substituents is 1. The number of hydrogen-bond acceptors (Lipinski definition) is 6. The molecule has 0 aliphatic carbocycles. The van der Waals surface area contributed by atoms with Gasteiger partial charge in [0.15, 0.2) is 0 Å². The molecule has 8 heteroatoms. The first-order chi connectivity index (χ1) is 15.8. The van der Waals surface area contributed by atoms with Gasteiger partial charge < -0.3 is 10.1 Å². The van der Waals surface area contributed by atoms with Crippen molar-refractivity contribution < 1.29 is 19.2 Å². The molecule has 0 radical (unpaired) electrons. The third kappa shape index (κ3) is 6.00. The van der Waals surface area contributed by atoms with Gasteiger partial charge in [0, 0.05) is 11.6 Å². The number of esters is 1. The van der Waals surface area contributed by atoms with Gasteiger partial charge in [0.1, 0.15) is 0 Å². The number of para-hydroxylation sites is 1. The van der Waals surface area contributed by atoms with E-state index in [1.165, 1.54) is 18.2 Å². The minimum Gasteiger partial charge on any atom is -0.463 e. The van der Waals surface area contributed by atoms with Crippen molar-refractivity contribution in [1.82, 2.24) is 10.3 Å². The molecule has 3 aromatic rings. The second-order valence-electron chi connectivity index (χ2n) is 7.78. The maximum Gasteiger partial charge on any atom is 0.308 e. The van der Waals surface area contributed by atoms with Gasteiger partial charge in [-0.05, 0) is 32.9 Å². The maximum atomic E-state index is 13.1. The van der Waals surface area contributed by atoms with Crippen LogP contribution in [0.2, 0.25) is 0 Å². The molecule has 0 spiro atoms. The Morgan fingerprint density at radius 1 is 1.03 bits per heavy atom. The fourth-order valence-corrected chi connectivity index (χ4v) is 3.47. The van der Waals surface area contributed by atoms with Crippen LogP contribution in [-0.2, 0) is 9.53 Å². The second-order valence-corrected chi connectivity index (χ2v) is 7.78. The number of amides is 1. The summed E-state index contributed by atoms with van der Waals surface area (Å²) in [5.41, 5.74) is 2.50. The van der Waals surface area contributed by atoms with E-state index in [2.05, 4.69) is 10.3 Å². The summed E-state index contributed by atoms with van der Waals surface area (Å²) in [5.74, 6) is -1.05. The number of carbonyl (C=O) groups excluding carboxylic acids is 2. The van der Waals surface area contributed by atoms with Gasteiger partial charge in [-0.15, -0.1) is 0 Å². The normalized spacial score (nSPS) is 11.6. The zero-order chi connectivity index (χ0) is 24.0. The monoisotopic (exact) mass is 447 g/mol. The highest BCUT2D eigenvalue weighted by molar-refractivity contribution is 5.96. The summed E-state index contributed by atoms with van der Waals surface area (Å²) < 4.78 is 5.21. The van der Waals surface area contributed by atoms with Crippen LogP contribution in [0.4, 0.5) is 5.69 Å². The average Bonchev–Trinajstić information content (AvgIpc) is 2.78. The molecular weight excluding hydrogens is 422 g/mol. The Morgan fingerprint density at radius 2 is 1.70 bits per heavy atom. The van der Waals surface area contributed by atoms with Crippen molar-refractivity contribution in [2.75, 3.05) is 0 Å². The van der Waals surface area contributed by atoms with E-state index >= 15 is 0 Å². The Labute approximate surface area is 191 Å². The van der Waals surface area contributed by atoms with Gasteiger partial charge in [-0.25, -0.2) is 0 Å². The highest BCUT2D eigenvalue weighted by Gasteiger charge is 2.27. The molecule has 0 fully saturated rings. The minimum absolute atomic E-state index is 0.186. The summed E-state index contributed by atoms with van der Waals surface area (Å²) in [6.07, 6.45) is -0.597. The number of ether oxygens (including phenoxy) is 1. The van der Waals surface area contributed by atoms with E-state index in [0.717, 1.165) is 11.3 Å². The number of aromatic nitrogens is 1. The molecule has 0 saturated carbocycles. The molecule has 1 unspecified atom stereocenters. The molecule has 170 valence electrons. The van der Waals surface area contributed by atoms with Gasteiger partial charge in [-0.2, -0.15) is 0 Å². The van der Waals surface area contributed by atoms with Gasteiger partial charge in [-0.3, -0.25) is 24.7 Å². The van der Waals surface area contributed by atoms with Crippen molar-refractivity contribution in [3.63, 3.8) is 0 Å². The van der Waals surface area contributed by atoms with Crippen molar-refractivity contribution in [1.29, 1.82) is 0 Å². The average molecular weight is 447 g/mol. The summed E-state index contributed by atoms with van der Waals surface area (Å²) in [5, 5.41) is 14.3. The van der Waals surface area contributed by atoms with E-state index in [1.807, 2.05) is 30.3 Å². The van der Waals surface area contributed by atoms with Gasteiger partial charge in [0.25, 0.3) is 11.6 Å². The number of benzene rings is 2. The molecule has 1 amide bonds. The molecule has 1 aromatic heterocycles. The number of aryl methyl sites for hydroxylation is 1. The van der Waals surface area contributed by atoms with Gasteiger partial charge >= 0.3 is 5.97 Å². The Hall–Kier alpha value is -4.07. The third-order valence-corrected chi connectivity index (χ3v) is 4.95. The smallest absolute Gasteiger partial charge is 0.308 e. The number of rotatable bonds is 8. The predicted octanol–water partition coefficient (Wildman–Crippen LogP) is 4.78. The molecule has 1 atom stereocenters.